The van der Waals surface area contributed by atoms with Crippen LogP contribution in [-0.4, -0.2) is 12.6 Å². The third-order valence-corrected chi connectivity index (χ3v) is 1.65. The Hall–Kier alpha value is -0.990. The van der Waals surface area contributed by atoms with Gasteiger partial charge in [-0.15, -0.1) is 0 Å². The third kappa shape index (κ3) is 4.01. The van der Waals surface area contributed by atoms with Crippen molar-refractivity contribution in [1.29, 1.82) is 0 Å². The first kappa shape index (κ1) is 11.0. The lowest BCUT2D eigenvalue weighted by Crippen LogP contribution is -2.24. The molecule has 0 bridgehead atoms. The van der Waals surface area contributed by atoms with E-state index in [4.69, 9.17) is 4.74 Å². The molecule has 0 saturated heterocycles. The van der Waals surface area contributed by atoms with Gasteiger partial charge in [-0.05, 0) is 20.3 Å². The van der Waals surface area contributed by atoms with Crippen LogP contribution in [0.1, 0.15) is 33.6 Å². The zero-order valence-corrected chi connectivity index (χ0v) is 7.85. The molecular weight excluding hydrogens is 156 g/mol. The molecule has 12 heavy (non-hydrogen) atoms. The second-order valence-corrected chi connectivity index (χ2v) is 2.67. The summed E-state index contributed by atoms with van der Waals surface area (Å²) in [5.74, 6) is -0.715. The molecule has 3 heteroatoms. The summed E-state index contributed by atoms with van der Waals surface area (Å²) in [6.07, 6.45) is 1.98. The van der Waals surface area contributed by atoms with E-state index in [2.05, 4.69) is 0 Å². The molecule has 0 amide bonds. The lowest BCUT2D eigenvalue weighted by atomic mass is 10.3. The molecule has 0 saturated carbocycles. The van der Waals surface area contributed by atoms with E-state index >= 15 is 0 Å². The van der Waals surface area contributed by atoms with Crippen LogP contribution in [0.15, 0.2) is 11.3 Å². The Morgan fingerprint density at radius 1 is 1.42 bits per heavy atom. The molecular formula is C9H15O3-. The summed E-state index contributed by atoms with van der Waals surface area (Å²) in [4.78, 5) is 10.3. The van der Waals surface area contributed by atoms with Crippen molar-refractivity contribution in [2.45, 2.75) is 33.6 Å². The molecule has 0 fully saturated rings. The fourth-order valence-electron chi connectivity index (χ4n) is 0.622. The minimum atomic E-state index is -1.16. The van der Waals surface area contributed by atoms with E-state index in [1.165, 1.54) is 6.92 Å². The Balaban J connectivity index is 3.91. The molecule has 0 spiro atoms. The van der Waals surface area contributed by atoms with Crippen LogP contribution in [-0.2, 0) is 9.53 Å². The Labute approximate surface area is 73.0 Å². The molecule has 3 nitrogen and oxygen atoms in total. The summed E-state index contributed by atoms with van der Waals surface area (Å²) in [7, 11) is 0. The van der Waals surface area contributed by atoms with Crippen LogP contribution in [0.3, 0.4) is 0 Å². The maximum Gasteiger partial charge on any atom is 0.0975 e. The van der Waals surface area contributed by atoms with E-state index in [0.717, 1.165) is 12.8 Å². The maximum atomic E-state index is 10.3. The van der Waals surface area contributed by atoms with Crippen molar-refractivity contribution in [3.05, 3.63) is 11.3 Å². The van der Waals surface area contributed by atoms with Crippen molar-refractivity contribution in [1.82, 2.24) is 0 Å². The van der Waals surface area contributed by atoms with E-state index in [-0.39, 0.29) is 5.57 Å². The first-order valence-electron chi connectivity index (χ1n) is 4.11. The van der Waals surface area contributed by atoms with Gasteiger partial charge in [-0.25, -0.2) is 0 Å². The van der Waals surface area contributed by atoms with Crippen molar-refractivity contribution in [3.8, 4) is 0 Å². The Morgan fingerprint density at radius 3 is 2.42 bits per heavy atom. The predicted molar refractivity (Wildman–Crippen MR) is 44.2 cm³/mol. The Bertz CT molecular complexity index is 182. The molecule has 0 heterocycles. The van der Waals surface area contributed by atoms with Gasteiger partial charge in [0.05, 0.1) is 18.3 Å². The average Bonchev–Trinajstić information content (AvgIpc) is 2.03. The van der Waals surface area contributed by atoms with E-state index < -0.39 is 5.97 Å². The first-order chi connectivity index (χ1) is 5.59. The molecule has 0 aliphatic rings. The normalized spacial score (nSPS) is 12.2. The molecule has 0 aliphatic carbocycles. The van der Waals surface area contributed by atoms with Gasteiger partial charge in [-0.2, -0.15) is 0 Å². The second-order valence-electron chi connectivity index (χ2n) is 2.67. The molecule has 0 aromatic rings. The fourth-order valence-corrected chi connectivity index (χ4v) is 0.622. The zero-order chi connectivity index (χ0) is 9.56. The molecule has 0 unspecified atom stereocenters. The van der Waals surface area contributed by atoms with Gasteiger partial charge in [-0.3, -0.25) is 0 Å². The summed E-state index contributed by atoms with van der Waals surface area (Å²) < 4.78 is 5.16. The second kappa shape index (κ2) is 5.63. The summed E-state index contributed by atoms with van der Waals surface area (Å²) in [6, 6.07) is 0. The van der Waals surface area contributed by atoms with E-state index in [0.29, 0.717) is 12.4 Å². The highest BCUT2D eigenvalue weighted by Crippen LogP contribution is 2.04. The van der Waals surface area contributed by atoms with E-state index in [9.17, 15) is 9.90 Å². The monoisotopic (exact) mass is 171 g/mol. The van der Waals surface area contributed by atoms with Crippen LogP contribution < -0.4 is 5.11 Å². The highest BCUT2D eigenvalue weighted by molar-refractivity contribution is 5.84. The van der Waals surface area contributed by atoms with Crippen molar-refractivity contribution < 1.29 is 14.6 Å². The Kier molecular flexibility index (Phi) is 5.17. The van der Waals surface area contributed by atoms with Gasteiger partial charge < -0.3 is 14.6 Å². The number of hydrogen-bond donors (Lipinski definition) is 0. The molecule has 0 rings (SSSR count). The molecule has 0 radical (unpaired) electrons. The topological polar surface area (TPSA) is 49.4 Å². The van der Waals surface area contributed by atoms with Crippen LogP contribution in [0.2, 0.25) is 0 Å². The fraction of sp³-hybridized carbons (Fsp3) is 0.667. The van der Waals surface area contributed by atoms with Crippen LogP contribution in [0, 0.1) is 0 Å². The first-order valence-corrected chi connectivity index (χ1v) is 4.11. The lowest BCUT2D eigenvalue weighted by molar-refractivity contribution is -0.299. The quantitative estimate of drug-likeness (QED) is 0.350. The number of aliphatic carboxylic acids is 1. The van der Waals surface area contributed by atoms with Crippen LogP contribution in [0.25, 0.3) is 0 Å². The van der Waals surface area contributed by atoms with Gasteiger partial charge in [0.1, 0.15) is 0 Å². The predicted octanol–water partition coefficient (Wildman–Crippen LogP) is 0.847. The molecule has 0 aliphatic heterocycles. The van der Waals surface area contributed by atoms with Crippen LogP contribution >= 0.6 is 0 Å². The van der Waals surface area contributed by atoms with Gasteiger partial charge in [0.25, 0.3) is 0 Å². The maximum absolute atomic E-state index is 10.3. The zero-order valence-electron chi connectivity index (χ0n) is 7.85. The highest BCUT2D eigenvalue weighted by Gasteiger charge is 1.97. The summed E-state index contributed by atoms with van der Waals surface area (Å²) in [6.45, 7) is 5.75. The summed E-state index contributed by atoms with van der Waals surface area (Å²) in [5, 5.41) is 10.3. The number of ether oxygens (including phenoxy) is 1. The number of hydrogen-bond acceptors (Lipinski definition) is 3. The van der Waals surface area contributed by atoms with Crippen molar-refractivity contribution >= 4 is 5.97 Å². The number of rotatable bonds is 5. The number of carboxylic acids is 1. The van der Waals surface area contributed by atoms with Gasteiger partial charge in [0.15, 0.2) is 0 Å². The van der Waals surface area contributed by atoms with Crippen molar-refractivity contribution in [2.75, 3.05) is 6.61 Å². The molecule has 0 aromatic heterocycles. The SMILES string of the molecule is CCCCO/C(C)=C(\C)C(=O)[O-]. The number of carbonyl (C=O) groups excluding carboxylic acids is 1. The minimum Gasteiger partial charge on any atom is -0.545 e. The van der Waals surface area contributed by atoms with Crippen molar-refractivity contribution in [3.63, 3.8) is 0 Å². The van der Waals surface area contributed by atoms with Gasteiger partial charge in [0, 0.05) is 5.57 Å². The van der Waals surface area contributed by atoms with Gasteiger partial charge in [-0.1, -0.05) is 13.3 Å². The molecule has 70 valence electrons. The Morgan fingerprint density at radius 2 is 2.00 bits per heavy atom. The number of allylic oxidation sites excluding steroid dienone is 1. The molecule has 0 aromatic carbocycles. The smallest absolute Gasteiger partial charge is 0.0975 e. The van der Waals surface area contributed by atoms with Crippen LogP contribution in [0.4, 0.5) is 0 Å². The van der Waals surface area contributed by atoms with E-state index in [1.807, 2.05) is 6.92 Å². The third-order valence-electron chi connectivity index (χ3n) is 1.65. The standard InChI is InChI=1S/C9H16O3/c1-4-5-6-12-8(3)7(2)9(10)11/h4-6H2,1-3H3,(H,10,11)/p-1/b8-7+. The van der Waals surface area contributed by atoms with Crippen LogP contribution in [0.5, 0.6) is 0 Å². The number of carbonyl (C=O) groups is 1. The highest BCUT2D eigenvalue weighted by atomic mass is 16.5. The lowest BCUT2D eigenvalue weighted by Gasteiger charge is -2.10. The number of unbranched alkanes of at least 4 members (excludes halogenated alkanes) is 1. The number of carboxylic acid groups (broad SMARTS) is 1. The average molecular weight is 171 g/mol. The van der Waals surface area contributed by atoms with Gasteiger partial charge >= 0.3 is 0 Å². The van der Waals surface area contributed by atoms with Crippen molar-refractivity contribution in [2.24, 2.45) is 0 Å². The summed E-state index contributed by atoms with van der Waals surface area (Å²) in [5.41, 5.74) is 0.172. The minimum absolute atomic E-state index is 0.172. The summed E-state index contributed by atoms with van der Waals surface area (Å²) >= 11 is 0. The molecule has 0 atom stereocenters. The van der Waals surface area contributed by atoms with Gasteiger partial charge in [0.2, 0.25) is 0 Å². The van der Waals surface area contributed by atoms with E-state index in [1.54, 1.807) is 6.92 Å². The molecule has 0 N–H and O–H groups in total. The largest absolute Gasteiger partial charge is 0.545 e.